The van der Waals surface area contributed by atoms with Crippen LogP contribution < -0.4 is 43.1 Å². The molecule has 30 heavy (non-hydrogen) atoms. The standard InChI is InChI=1S/2C9H15O2Si.C2H6Si.2ClH.Zr/c2*1-10-8-6-5-7-9(8)11-12(2,3)4;1-3-2;;;/h2*5-7H,1-4H3;1-2H3;2*1H;/q2*-1;;;;+2/p-2. The summed E-state index contributed by atoms with van der Waals surface area (Å²) in [6, 6.07) is 11.6. The zero-order valence-corrected chi connectivity index (χ0v) is 26.8. The van der Waals surface area contributed by atoms with E-state index in [1.165, 1.54) is 0 Å². The summed E-state index contributed by atoms with van der Waals surface area (Å²) in [6.45, 7) is 17.5. The van der Waals surface area contributed by atoms with E-state index in [0.29, 0.717) is 0 Å². The SMILES string of the molecule is CO[c-]1cccc1O[Si](C)(C)C.CO[c-]1cccc1O[Si](C)(C)C.C[Si](C)=[Zr+2].[Cl-].[Cl-]. The largest absolute Gasteiger partial charge is 1.00 e. The number of hydrogen-bond donors (Lipinski definition) is 0. The maximum atomic E-state index is 5.78. The molecule has 0 bridgehead atoms. The van der Waals surface area contributed by atoms with Gasteiger partial charge >= 0.3 is 41.9 Å². The maximum Gasteiger partial charge on any atom is -1.00 e. The van der Waals surface area contributed by atoms with Crippen LogP contribution in [0, 0.1) is 0 Å². The molecule has 0 spiro atoms. The molecule has 0 saturated carbocycles. The van der Waals surface area contributed by atoms with Crippen molar-refractivity contribution in [2.24, 2.45) is 0 Å². The second kappa shape index (κ2) is 16.6. The van der Waals surface area contributed by atoms with Gasteiger partial charge in [0.25, 0.3) is 0 Å². The van der Waals surface area contributed by atoms with E-state index in [9.17, 15) is 0 Å². The fourth-order valence-electron chi connectivity index (χ4n) is 1.94. The fourth-order valence-corrected chi connectivity index (χ4v) is 3.60. The van der Waals surface area contributed by atoms with Crippen molar-refractivity contribution in [2.75, 3.05) is 14.2 Å². The van der Waals surface area contributed by atoms with Crippen molar-refractivity contribution in [2.45, 2.75) is 52.4 Å². The third kappa shape index (κ3) is 17.7. The zero-order valence-electron chi connectivity index (χ0n) is 19.9. The van der Waals surface area contributed by atoms with Crippen molar-refractivity contribution in [3.05, 3.63) is 36.4 Å². The van der Waals surface area contributed by atoms with Gasteiger partial charge in [0.2, 0.25) is 16.6 Å². The van der Waals surface area contributed by atoms with Crippen molar-refractivity contribution in [1.29, 1.82) is 0 Å². The molecule has 2 rings (SSSR count). The van der Waals surface area contributed by atoms with Crippen LogP contribution in [-0.2, 0) is 23.3 Å². The number of halogens is 2. The van der Waals surface area contributed by atoms with Crippen LogP contribution in [0.25, 0.3) is 0 Å². The van der Waals surface area contributed by atoms with Gasteiger partial charge in [-0.05, 0) is 39.3 Å². The van der Waals surface area contributed by atoms with Gasteiger partial charge < -0.3 is 43.1 Å². The minimum Gasteiger partial charge on any atom is -1.00 e. The van der Waals surface area contributed by atoms with E-state index >= 15 is 0 Å². The summed E-state index contributed by atoms with van der Waals surface area (Å²) in [7, 11) is 0.339. The first kappa shape index (κ1) is 34.6. The fraction of sp³-hybridized carbons (Fsp3) is 0.500. The molecule has 0 N–H and O–H groups in total. The zero-order chi connectivity index (χ0) is 22.0. The van der Waals surface area contributed by atoms with E-state index in [0.717, 1.165) is 23.0 Å². The van der Waals surface area contributed by atoms with Crippen LogP contribution in [0.3, 0.4) is 0 Å². The van der Waals surface area contributed by atoms with Gasteiger partial charge in [0.05, 0.1) is 14.2 Å². The number of rotatable bonds is 6. The Morgan fingerprint density at radius 2 is 1.00 bits per heavy atom. The summed E-state index contributed by atoms with van der Waals surface area (Å²) in [5.74, 6) is 3.41. The second-order valence-corrected chi connectivity index (χ2v) is 26.6. The normalized spacial score (nSPS) is 10.0. The quantitative estimate of drug-likeness (QED) is 0.354. The van der Waals surface area contributed by atoms with Crippen LogP contribution >= 0.6 is 0 Å². The monoisotopic (exact) mass is 584 g/mol. The van der Waals surface area contributed by atoms with Gasteiger partial charge in [-0.15, -0.1) is 12.1 Å². The number of hydrogen-bond acceptors (Lipinski definition) is 4. The Balaban J connectivity index is -0.000000391. The van der Waals surface area contributed by atoms with E-state index in [-0.39, 0.29) is 30.2 Å². The molecule has 0 aliphatic heterocycles. The Morgan fingerprint density at radius 3 is 1.20 bits per heavy atom. The van der Waals surface area contributed by atoms with E-state index in [1.807, 2.05) is 36.4 Å². The van der Waals surface area contributed by atoms with Crippen molar-refractivity contribution < 1.29 is 66.5 Å². The third-order valence-electron chi connectivity index (χ3n) is 2.75. The Labute approximate surface area is 213 Å². The topological polar surface area (TPSA) is 36.9 Å². The summed E-state index contributed by atoms with van der Waals surface area (Å²) in [6.07, 6.45) is 0. The molecule has 2 aromatic rings. The molecule has 2 aromatic carbocycles. The van der Waals surface area contributed by atoms with Gasteiger partial charge in [0.15, 0.2) is 0 Å². The Hall–Kier alpha value is 0.0138. The average Bonchev–Trinajstić information content (AvgIpc) is 3.12. The predicted octanol–water partition coefficient (Wildman–Crippen LogP) is 0.0479. The second-order valence-electron chi connectivity index (χ2n) is 8.35. The van der Waals surface area contributed by atoms with Crippen LogP contribution in [0.2, 0.25) is 52.4 Å². The first-order valence-corrected chi connectivity index (χ1v) is 22.3. The van der Waals surface area contributed by atoms with Crippen LogP contribution in [0.1, 0.15) is 0 Å². The number of ether oxygens (including phenoxy) is 2. The summed E-state index contributed by atoms with van der Waals surface area (Å²) < 4.78 is 21.8. The van der Waals surface area contributed by atoms with E-state index in [1.54, 1.807) is 37.6 Å². The molecule has 0 fully saturated rings. The van der Waals surface area contributed by atoms with Crippen molar-refractivity contribution in [1.82, 2.24) is 0 Å². The van der Waals surface area contributed by atoms with Gasteiger partial charge in [-0.3, -0.25) is 0 Å². The van der Waals surface area contributed by atoms with Crippen LogP contribution in [-0.4, -0.2) is 36.3 Å². The van der Waals surface area contributed by atoms with Gasteiger partial charge in [-0.2, -0.15) is 12.1 Å². The number of methoxy groups -OCH3 is 2. The molecule has 0 heterocycles. The molecule has 0 atom stereocenters. The Morgan fingerprint density at radius 1 is 0.733 bits per heavy atom. The molecular formula is C20H36Cl2O4Si3Zr-2. The van der Waals surface area contributed by atoms with Crippen LogP contribution in [0.5, 0.6) is 23.0 Å². The van der Waals surface area contributed by atoms with Crippen LogP contribution in [0.4, 0.5) is 0 Å². The first-order valence-electron chi connectivity index (χ1n) is 9.28. The summed E-state index contributed by atoms with van der Waals surface area (Å²) in [5.41, 5.74) is 0.210. The van der Waals surface area contributed by atoms with Gasteiger partial charge in [-0.25, -0.2) is 12.1 Å². The van der Waals surface area contributed by atoms with Crippen molar-refractivity contribution in [3.8, 4) is 23.0 Å². The summed E-state index contributed by atoms with van der Waals surface area (Å²) in [4.78, 5) is 0. The Kier molecular flexibility index (Phi) is 19.2. The molecule has 0 amide bonds. The molecule has 10 heteroatoms. The van der Waals surface area contributed by atoms with E-state index < -0.39 is 16.6 Å². The molecule has 0 aliphatic carbocycles. The predicted molar refractivity (Wildman–Crippen MR) is 123 cm³/mol. The molecule has 4 nitrogen and oxygen atoms in total. The van der Waals surface area contributed by atoms with E-state index in [2.05, 4.69) is 52.4 Å². The first-order chi connectivity index (χ1) is 12.8. The molecule has 0 aromatic heterocycles. The van der Waals surface area contributed by atoms with Crippen LogP contribution in [0.15, 0.2) is 36.4 Å². The Bertz CT molecular complexity index is 649. The maximum absolute atomic E-state index is 5.78. The molecular weight excluding hydrogens is 551 g/mol. The van der Waals surface area contributed by atoms with Gasteiger partial charge in [0.1, 0.15) is 0 Å². The summed E-state index contributed by atoms with van der Waals surface area (Å²) >= 11 is 1.74. The molecule has 0 saturated heterocycles. The smallest absolute Gasteiger partial charge is 1.00 e. The minimum absolute atomic E-state index is 0. The van der Waals surface area contributed by atoms with Crippen molar-refractivity contribution >= 4 is 22.1 Å². The summed E-state index contributed by atoms with van der Waals surface area (Å²) in [5, 5.41) is 0. The van der Waals surface area contributed by atoms with E-state index in [4.69, 9.17) is 18.3 Å². The molecule has 172 valence electrons. The van der Waals surface area contributed by atoms with Crippen molar-refractivity contribution in [3.63, 3.8) is 0 Å². The molecule has 0 radical (unpaired) electrons. The third-order valence-corrected chi connectivity index (χ3v) is 4.41. The van der Waals surface area contributed by atoms with Gasteiger partial charge in [0, 0.05) is 23.0 Å². The molecule has 0 aliphatic rings. The molecule has 0 unspecified atom stereocenters. The van der Waals surface area contributed by atoms with Gasteiger partial charge in [-0.1, -0.05) is 0 Å². The minimum atomic E-state index is -1.49. The average molecular weight is 587 g/mol.